The molecule has 2 nitrogen and oxygen atoms in total. The lowest BCUT2D eigenvalue weighted by Gasteiger charge is -1.96. The van der Waals surface area contributed by atoms with Crippen LogP contribution in [0, 0.1) is 13.8 Å². The summed E-state index contributed by atoms with van der Waals surface area (Å²) >= 11 is 0. The average Bonchev–Trinajstić information content (AvgIpc) is 2.45. The monoisotopic (exact) mass is 172 g/mol. The van der Waals surface area contributed by atoms with Gasteiger partial charge in [0.15, 0.2) is 0 Å². The van der Waals surface area contributed by atoms with E-state index in [9.17, 15) is 8.78 Å². The number of halogens is 2. The molecule has 1 saturated carbocycles. The van der Waals surface area contributed by atoms with Crippen LogP contribution in [0.2, 0.25) is 0 Å². The first-order chi connectivity index (χ1) is 5.50. The molecule has 0 spiro atoms. The van der Waals surface area contributed by atoms with Crippen molar-refractivity contribution in [2.24, 2.45) is 0 Å². The Morgan fingerprint density at radius 3 is 2.50 bits per heavy atom. The summed E-state index contributed by atoms with van der Waals surface area (Å²) in [5.41, 5.74) is 1.80. The van der Waals surface area contributed by atoms with Gasteiger partial charge in [-0.2, -0.15) is 5.10 Å². The summed E-state index contributed by atoms with van der Waals surface area (Å²) in [5, 5.41) is 4.00. The van der Waals surface area contributed by atoms with E-state index in [0.29, 0.717) is 0 Å². The molecule has 1 unspecified atom stereocenters. The molecule has 1 aliphatic rings. The summed E-state index contributed by atoms with van der Waals surface area (Å²) < 4.78 is 26.5. The fraction of sp³-hybridized carbons (Fsp3) is 0.625. The summed E-state index contributed by atoms with van der Waals surface area (Å²) in [6, 6.07) is -0.690. The van der Waals surface area contributed by atoms with E-state index in [1.54, 1.807) is 6.20 Å². The summed E-state index contributed by atoms with van der Waals surface area (Å²) in [6.07, 6.45) is 1.62. The van der Waals surface area contributed by atoms with Crippen molar-refractivity contribution in [3.05, 3.63) is 17.5 Å². The zero-order valence-corrected chi connectivity index (χ0v) is 7.01. The largest absolute Gasteiger partial charge is 0.272 e. The Kier molecular flexibility index (Phi) is 1.32. The van der Waals surface area contributed by atoms with Gasteiger partial charge in [0.2, 0.25) is 0 Å². The van der Waals surface area contributed by atoms with Gasteiger partial charge >= 0.3 is 0 Å². The zero-order chi connectivity index (χ0) is 8.93. The van der Waals surface area contributed by atoms with Crippen molar-refractivity contribution < 1.29 is 8.78 Å². The normalized spacial score (nSPS) is 25.8. The molecule has 4 heteroatoms. The number of hydrogen-bond acceptors (Lipinski definition) is 1. The van der Waals surface area contributed by atoms with E-state index in [-0.39, 0.29) is 6.42 Å². The highest BCUT2D eigenvalue weighted by Crippen LogP contribution is 2.52. The minimum atomic E-state index is -2.52. The minimum Gasteiger partial charge on any atom is -0.263 e. The first kappa shape index (κ1) is 7.71. The van der Waals surface area contributed by atoms with Gasteiger partial charge in [0, 0.05) is 12.6 Å². The molecule has 1 atom stereocenters. The van der Waals surface area contributed by atoms with E-state index < -0.39 is 12.0 Å². The molecule has 1 heterocycles. The lowest BCUT2D eigenvalue weighted by molar-refractivity contribution is 0.0983. The molecule has 0 aliphatic heterocycles. The molecule has 1 fully saturated rings. The van der Waals surface area contributed by atoms with E-state index in [2.05, 4.69) is 5.10 Å². The number of alkyl halides is 2. The van der Waals surface area contributed by atoms with Crippen LogP contribution in [-0.4, -0.2) is 15.7 Å². The average molecular weight is 172 g/mol. The molecule has 0 amide bonds. The molecule has 1 aromatic rings. The van der Waals surface area contributed by atoms with Crippen LogP contribution in [0.15, 0.2) is 6.20 Å². The second-order valence-corrected chi connectivity index (χ2v) is 3.36. The molecule has 1 aromatic heterocycles. The van der Waals surface area contributed by atoms with Gasteiger partial charge < -0.3 is 0 Å². The summed E-state index contributed by atoms with van der Waals surface area (Å²) in [6.45, 7) is 3.70. The summed E-state index contributed by atoms with van der Waals surface area (Å²) in [4.78, 5) is 0. The Hall–Kier alpha value is -0.930. The van der Waals surface area contributed by atoms with Gasteiger partial charge in [-0.25, -0.2) is 8.78 Å². The topological polar surface area (TPSA) is 17.8 Å². The third-order valence-corrected chi connectivity index (χ3v) is 2.27. The van der Waals surface area contributed by atoms with Gasteiger partial charge in [0.25, 0.3) is 5.92 Å². The van der Waals surface area contributed by atoms with Crippen molar-refractivity contribution in [2.75, 3.05) is 0 Å². The summed E-state index contributed by atoms with van der Waals surface area (Å²) in [5.74, 6) is -2.52. The molecular formula is C8H10F2N2. The Balaban J connectivity index is 2.26. The molecule has 12 heavy (non-hydrogen) atoms. The van der Waals surface area contributed by atoms with Crippen LogP contribution in [-0.2, 0) is 0 Å². The van der Waals surface area contributed by atoms with Crippen LogP contribution in [0.1, 0.15) is 23.7 Å². The maximum Gasteiger partial charge on any atom is 0.272 e. The first-order valence-corrected chi connectivity index (χ1v) is 3.91. The van der Waals surface area contributed by atoms with Gasteiger partial charge in [-0.3, -0.25) is 4.68 Å². The van der Waals surface area contributed by atoms with Crippen molar-refractivity contribution in [1.82, 2.24) is 9.78 Å². The number of aryl methyl sites for hydroxylation is 2. The van der Waals surface area contributed by atoms with Crippen LogP contribution in [0.25, 0.3) is 0 Å². The standard InChI is InChI=1S/C8H10F2N2/c1-5-4-12(11-6(5)2)7-3-8(7,9)10/h4,7H,3H2,1-2H3. The Labute approximate surface area is 69.2 Å². The van der Waals surface area contributed by atoms with Gasteiger partial charge in [-0.05, 0) is 19.4 Å². The van der Waals surface area contributed by atoms with Gasteiger partial charge in [-0.1, -0.05) is 0 Å². The smallest absolute Gasteiger partial charge is 0.263 e. The maximum absolute atomic E-state index is 12.6. The van der Waals surface area contributed by atoms with E-state index in [1.165, 1.54) is 4.68 Å². The highest BCUT2D eigenvalue weighted by Gasteiger charge is 2.59. The molecular weight excluding hydrogens is 162 g/mol. The second kappa shape index (κ2) is 2.06. The lowest BCUT2D eigenvalue weighted by Crippen LogP contribution is -2.02. The summed E-state index contributed by atoms with van der Waals surface area (Å²) in [7, 11) is 0. The molecule has 0 bridgehead atoms. The van der Waals surface area contributed by atoms with Crippen LogP contribution in [0.3, 0.4) is 0 Å². The minimum absolute atomic E-state index is 0.0619. The Morgan fingerprint density at radius 2 is 2.17 bits per heavy atom. The molecule has 0 aromatic carbocycles. The van der Waals surface area contributed by atoms with Gasteiger partial charge in [0.1, 0.15) is 6.04 Å². The number of rotatable bonds is 1. The highest BCUT2D eigenvalue weighted by molar-refractivity contribution is 5.15. The fourth-order valence-corrected chi connectivity index (χ4v) is 1.22. The quantitative estimate of drug-likeness (QED) is 0.634. The third kappa shape index (κ3) is 1.02. The Morgan fingerprint density at radius 1 is 1.58 bits per heavy atom. The van der Waals surface area contributed by atoms with Crippen LogP contribution in [0.4, 0.5) is 8.78 Å². The SMILES string of the molecule is Cc1cn(C2CC2(F)F)nc1C. The fourth-order valence-electron chi connectivity index (χ4n) is 1.22. The van der Waals surface area contributed by atoms with Crippen molar-refractivity contribution in [1.29, 1.82) is 0 Å². The van der Waals surface area contributed by atoms with Crippen molar-refractivity contribution in [3.63, 3.8) is 0 Å². The number of hydrogen-bond donors (Lipinski definition) is 0. The van der Waals surface area contributed by atoms with Crippen molar-refractivity contribution in [3.8, 4) is 0 Å². The molecule has 1 aliphatic carbocycles. The molecule has 0 radical (unpaired) electrons. The van der Waals surface area contributed by atoms with Crippen LogP contribution in [0.5, 0.6) is 0 Å². The molecule has 2 rings (SSSR count). The van der Waals surface area contributed by atoms with E-state index in [4.69, 9.17) is 0 Å². The maximum atomic E-state index is 12.6. The van der Waals surface area contributed by atoms with E-state index in [0.717, 1.165) is 11.3 Å². The zero-order valence-electron chi connectivity index (χ0n) is 7.01. The van der Waals surface area contributed by atoms with Gasteiger partial charge in [0.05, 0.1) is 5.69 Å². The molecule has 66 valence electrons. The van der Waals surface area contributed by atoms with E-state index >= 15 is 0 Å². The van der Waals surface area contributed by atoms with Gasteiger partial charge in [-0.15, -0.1) is 0 Å². The number of aromatic nitrogens is 2. The highest BCUT2D eigenvalue weighted by atomic mass is 19.3. The second-order valence-electron chi connectivity index (χ2n) is 3.36. The Bertz CT molecular complexity index is 297. The lowest BCUT2D eigenvalue weighted by atomic mass is 10.3. The number of nitrogens with zero attached hydrogens (tertiary/aromatic N) is 2. The van der Waals surface area contributed by atoms with Crippen molar-refractivity contribution in [2.45, 2.75) is 32.2 Å². The van der Waals surface area contributed by atoms with Crippen LogP contribution >= 0.6 is 0 Å². The first-order valence-electron chi connectivity index (χ1n) is 3.91. The predicted molar refractivity (Wildman–Crippen MR) is 40.3 cm³/mol. The molecule has 0 saturated heterocycles. The molecule has 0 N–H and O–H groups in total. The third-order valence-electron chi connectivity index (χ3n) is 2.27. The van der Waals surface area contributed by atoms with Crippen LogP contribution < -0.4 is 0 Å². The van der Waals surface area contributed by atoms with Crippen molar-refractivity contribution >= 4 is 0 Å². The van der Waals surface area contributed by atoms with E-state index in [1.807, 2.05) is 13.8 Å². The predicted octanol–water partition coefficient (Wildman–Crippen LogP) is 2.08.